The summed E-state index contributed by atoms with van der Waals surface area (Å²) in [6, 6.07) is 0. The number of hydrazone groups is 1. The van der Waals surface area contributed by atoms with Crippen molar-refractivity contribution in [3.63, 3.8) is 0 Å². The summed E-state index contributed by atoms with van der Waals surface area (Å²) in [6.07, 6.45) is 6.45. The molecule has 0 radical (unpaired) electrons. The average Bonchev–Trinajstić information content (AvgIpc) is 2.69. The number of rotatable bonds is 3. The molecule has 1 aliphatic carbocycles. The molecule has 10 heavy (non-hydrogen) atoms. The molecule has 1 fully saturated rings. The zero-order valence-corrected chi connectivity index (χ0v) is 6.59. The Kier molecular flexibility index (Phi) is 2.49. The largest absolute Gasteiger partial charge is 0.286 e. The highest BCUT2D eigenvalue weighted by atomic mass is 15.3. The molecule has 0 unspecified atom stereocenters. The van der Waals surface area contributed by atoms with Gasteiger partial charge in [-0.25, -0.2) is 0 Å². The second kappa shape index (κ2) is 3.40. The Balaban J connectivity index is 2.23. The lowest BCUT2D eigenvalue weighted by molar-refractivity contribution is 0.907. The van der Waals surface area contributed by atoms with Crippen LogP contribution < -0.4 is 5.43 Å². The number of hydrogen-bond acceptors (Lipinski definition) is 2. The first kappa shape index (κ1) is 7.32. The fourth-order valence-electron chi connectivity index (χ4n) is 0.870. The number of nitrogens with zero attached hydrogens (tertiary/aromatic N) is 1. The SMILES string of the molecule is CC=NN/C=C(/C)C1CC1. The molecule has 1 N–H and O–H groups in total. The Hall–Kier alpha value is -0.790. The van der Waals surface area contributed by atoms with E-state index in [0.29, 0.717) is 0 Å². The smallest absolute Gasteiger partial charge is 0.0215 e. The van der Waals surface area contributed by atoms with Crippen molar-refractivity contribution in [2.75, 3.05) is 0 Å². The third-order valence-corrected chi connectivity index (χ3v) is 1.72. The van der Waals surface area contributed by atoms with Crippen molar-refractivity contribution in [3.05, 3.63) is 11.8 Å². The molecule has 0 heterocycles. The maximum Gasteiger partial charge on any atom is 0.0215 e. The number of nitrogens with one attached hydrogen (secondary N) is 1. The first-order valence-electron chi connectivity index (χ1n) is 3.74. The highest BCUT2D eigenvalue weighted by molar-refractivity contribution is 5.52. The van der Waals surface area contributed by atoms with Crippen molar-refractivity contribution >= 4 is 6.21 Å². The maximum absolute atomic E-state index is 3.87. The molecule has 0 aromatic carbocycles. The molecule has 2 nitrogen and oxygen atoms in total. The van der Waals surface area contributed by atoms with Crippen LogP contribution in [-0.2, 0) is 0 Å². The van der Waals surface area contributed by atoms with Crippen molar-refractivity contribution in [1.29, 1.82) is 0 Å². The first-order chi connectivity index (χ1) is 4.84. The predicted octanol–water partition coefficient (Wildman–Crippen LogP) is 1.90. The third kappa shape index (κ3) is 2.21. The summed E-state index contributed by atoms with van der Waals surface area (Å²) in [5.41, 5.74) is 4.29. The molecule has 1 aliphatic rings. The molecular weight excluding hydrogens is 124 g/mol. The Bertz CT molecular complexity index is 155. The van der Waals surface area contributed by atoms with Gasteiger partial charge in [0, 0.05) is 12.4 Å². The van der Waals surface area contributed by atoms with E-state index in [4.69, 9.17) is 0 Å². The zero-order chi connectivity index (χ0) is 7.40. The Morgan fingerprint density at radius 3 is 2.80 bits per heavy atom. The summed E-state index contributed by atoms with van der Waals surface area (Å²) < 4.78 is 0. The molecule has 1 saturated carbocycles. The standard InChI is InChI=1S/C8H14N2/c1-3-9-10-6-7(2)8-4-5-8/h3,6,8,10H,4-5H2,1-2H3/b7-6-,9-3?. The summed E-state index contributed by atoms with van der Waals surface area (Å²) in [6.45, 7) is 4.04. The van der Waals surface area contributed by atoms with Crippen LogP contribution in [0.15, 0.2) is 16.9 Å². The molecule has 0 aromatic heterocycles. The first-order valence-corrected chi connectivity index (χ1v) is 3.74. The van der Waals surface area contributed by atoms with Crippen molar-refractivity contribution < 1.29 is 0 Å². The van der Waals surface area contributed by atoms with E-state index >= 15 is 0 Å². The van der Waals surface area contributed by atoms with Crippen LogP contribution in [0, 0.1) is 5.92 Å². The van der Waals surface area contributed by atoms with E-state index in [1.807, 2.05) is 13.1 Å². The molecule has 0 saturated heterocycles. The van der Waals surface area contributed by atoms with Crippen LogP contribution >= 0.6 is 0 Å². The highest BCUT2D eigenvalue weighted by Gasteiger charge is 2.22. The minimum absolute atomic E-state index is 0.847. The fraction of sp³-hybridized carbons (Fsp3) is 0.625. The van der Waals surface area contributed by atoms with Gasteiger partial charge in [-0.3, -0.25) is 5.43 Å². The van der Waals surface area contributed by atoms with Crippen LogP contribution in [0.3, 0.4) is 0 Å². The molecule has 0 aromatic rings. The van der Waals surface area contributed by atoms with Crippen LogP contribution in [0.1, 0.15) is 26.7 Å². The predicted molar refractivity (Wildman–Crippen MR) is 43.8 cm³/mol. The van der Waals surface area contributed by atoms with Crippen molar-refractivity contribution in [2.24, 2.45) is 11.0 Å². The van der Waals surface area contributed by atoms with Gasteiger partial charge in [0.2, 0.25) is 0 Å². The van der Waals surface area contributed by atoms with E-state index in [2.05, 4.69) is 17.5 Å². The second-order valence-electron chi connectivity index (χ2n) is 2.68. The maximum atomic E-state index is 3.87. The molecule has 0 bridgehead atoms. The Labute approximate surface area is 62.0 Å². The van der Waals surface area contributed by atoms with Crippen molar-refractivity contribution in [2.45, 2.75) is 26.7 Å². The van der Waals surface area contributed by atoms with E-state index in [1.165, 1.54) is 18.4 Å². The van der Waals surface area contributed by atoms with Crippen LogP contribution in [0.25, 0.3) is 0 Å². The molecule has 0 spiro atoms. The third-order valence-electron chi connectivity index (χ3n) is 1.72. The summed E-state index contributed by atoms with van der Waals surface area (Å²) in [5, 5.41) is 3.87. The Morgan fingerprint density at radius 1 is 1.60 bits per heavy atom. The summed E-state index contributed by atoms with van der Waals surface area (Å²) >= 11 is 0. The van der Waals surface area contributed by atoms with Gasteiger partial charge in [0.15, 0.2) is 0 Å². The van der Waals surface area contributed by atoms with E-state index in [1.54, 1.807) is 6.21 Å². The monoisotopic (exact) mass is 138 g/mol. The lowest BCUT2D eigenvalue weighted by atomic mass is 10.2. The number of allylic oxidation sites excluding steroid dienone is 1. The molecule has 1 rings (SSSR count). The van der Waals surface area contributed by atoms with Gasteiger partial charge in [0.25, 0.3) is 0 Å². The van der Waals surface area contributed by atoms with Crippen LogP contribution in [0.4, 0.5) is 0 Å². The lowest BCUT2D eigenvalue weighted by Gasteiger charge is -1.94. The van der Waals surface area contributed by atoms with Crippen LogP contribution in [0.5, 0.6) is 0 Å². The van der Waals surface area contributed by atoms with Crippen molar-refractivity contribution in [3.8, 4) is 0 Å². The van der Waals surface area contributed by atoms with Crippen LogP contribution in [-0.4, -0.2) is 6.21 Å². The Morgan fingerprint density at radius 2 is 2.30 bits per heavy atom. The average molecular weight is 138 g/mol. The molecule has 0 aliphatic heterocycles. The fourth-order valence-corrected chi connectivity index (χ4v) is 0.870. The minimum Gasteiger partial charge on any atom is -0.286 e. The lowest BCUT2D eigenvalue weighted by Crippen LogP contribution is -1.95. The van der Waals surface area contributed by atoms with Gasteiger partial charge in [-0.15, -0.1) is 0 Å². The highest BCUT2D eigenvalue weighted by Crippen LogP contribution is 2.35. The molecule has 0 atom stereocenters. The van der Waals surface area contributed by atoms with Gasteiger partial charge in [-0.2, -0.15) is 5.10 Å². The van der Waals surface area contributed by atoms with E-state index in [9.17, 15) is 0 Å². The normalized spacial score (nSPS) is 20.0. The van der Waals surface area contributed by atoms with E-state index in [-0.39, 0.29) is 0 Å². The van der Waals surface area contributed by atoms with E-state index in [0.717, 1.165) is 5.92 Å². The summed E-state index contributed by atoms with van der Waals surface area (Å²) in [4.78, 5) is 0. The second-order valence-corrected chi connectivity index (χ2v) is 2.68. The summed E-state index contributed by atoms with van der Waals surface area (Å²) in [5.74, 6) is 0.847. The molecule has 2 heteroatoms. The van der Waals surface area contributed by atoms with Gasteiger partial charge >= 0.3 is 0 Å². The molecular formula is C8H14N2. The zero-order valence-electron chi connectivity index (χ0n) is 6.59. The molecule has 0 amide bonds. The van der Waals surface area contributed by atoms with Crippen LogP contribution in [0.2, 0.25) is 0 Å². The van der Waals surface area contributed by atoms with Crippen molar-refractivity contribution in [1.82, 2.24) is 5.43 Å². The minimum atomic E-state index is 0.847. The summed E-state index contributed by atoms with van der Waals surface area (Å²) in [7, 11) is 0. The van der Waals surface area contributed by atoms with Gasteiger partial charge in [0.1, 0.15) is 0 Å². The van der Waals surface area contributed by atoms with Gasteiger partial charge in [-0.05, 0) is 32.6 Å². The van der Waals surface area contributed by atoms with Gasteiger partial charge in [-0.1, -0.05) is 5.57 Å². The topological polar surface area (TPSA) is 24.4 Å². The quantitative estimate of drug-likeness (QED) is 0.467. The van der Waals surface area contributed by atoms with E-state index < -0.39 is 0 Å². The van der Waals surface area contributed by atoms with Gasteiger partial charge < -0.3 is 0 Å². The number of hydrogen-bond donors (Lipinski definition) is 1. The molecule has 56 valence electrons. The van der Waals surface area contributed by atoms with Gasteiger partial charge in [0.05, 0.1) is 0 Å².